The maximum Gasteiger partial charge on any atom is 0.137 e. The first-order valence-corrected chi connectivity index (χ1v) is 4.12. The van der Waals surface area contributed by atoms with E-state index >= 15 is 0 Å². The predicted molar refractivity (Wildman–Crippen MR) is 48.5 cm³/mol. The normalized spacial score (nSPS) is 10.2. The van der Waals surface area contributed by atoms with Crippen molar-refractivity contribution < 1.29 is 0 Å². The van der Waals surface area contributed by atoms with Gasteiger partial charge in [-0.2, -0.15) is 5.10 Å². The Bertz CT molecular complexity index is 432. The monoisotopic (exact) mass is 193 g/mol. The van der Waals surface area contributed by atoms with E-state index in [4.69, 9.17) is 12.2 Å². The lowest BCUT2D eigenvalue weighted by Crippen LogP contribution is -2.04. The van der Waals surface area contributed by atoms with Crippen LogP contribution in [0.4, 0.5) is 0 Å². The number of H-pyrrole nitrogens is 1. The molecular weight excluding hydrogens is 186 g/mol. The summed E-state index contributed by atoms with van der Waals surface area (Å²) in [5, 5.41) is 3.95. The molecule has 0 atom stereocenters. The summed E-state index contributed by atoms with van der Waals surface area (Å²) < 4.78 is 2.35. The van der Waals surface area contributed by atoms with E-state index in [9.17, 15) is 0 Å². The summed E-state index contributed by atoms with van der Waals surface area (Å²) in [6.45, 7) is 0.560. The van der Waals surface area contributed by atoms with Gasteiger partial charge in [0.05, 0.1) is 0 Å². The van der Waals surface area contributed by atoms with Gasteiger partial charge in [-0.15, -0.1) is 0 Å². The smallest absolute Gasteiger partial charge is 0.137 e. The summed E-state index contributed by atoms with van der Waals surface area (Å²) in [4.78, 5) is 10.9. The van der Waals surface area contributed by atoms with Crippen LogP contribution in [-0.4, -0.2) is 24.7 Å². The second kappa shape index (κ2) is 3.44. The highest BCUT2D eigenvalue weighted by atomic mass is 32.1. The zero-order chi connectivity index (χ0) is 9.10. The van der Waals surface area contributed by atoms with Crippen LogP contribution in [-0.2, 0) is 6.54 Å². The van der Waals surface area contributed by atoms with Crippen molar-refractivity contribution >= 4 is 12.2 Å². The predicted octanol–water partition coefficient (Wildman–Crippen LogP) is 0.779. The van der Waals surface area contributed by atoms with E-state index < -0.39 is 0 Å². The molecule has 0 bridgehead atoms. The number of hydrogen-bond acceptors (Lipinski definition) is 4. The quantitative estimate of drug-likeness (QED) is 0.716. The topological polar surface area (TPSA) is 59.4 Å². The molecule has 0 saturated heterocycles. The van der Waals surface area contributed by atoms with Gasteiger partial charge in [0.25, 0.3) is 0 Å². The third-order valence-corrected chi connectivity index (χ3v) is 1.74. The van der Waals surface area contributed by atoms with E-state index in [0.717, 1.165) is 5.82 Å². The minimum absolute atomic E-state index is 0.560. The minimum Gasteiger partial charge on any atom is -0.333 e. The Hall–Kier alpha value is -1.56. The third-order valence-electron chi connectivity index (χ3n) is 1.50. The highest BCUT2D eigenvalue weighted by molar-refractivity contribution is 7.71. The number of aromatic amines is 1. The molecule has 0 aliphatic rings. The molecule has 0 aliphatic carbocycles. The van der Waals surface area contributed by atoms with Gasteiger partial charge >= 0.3 is 0 Å². The Labute approximate surface area is 79.5 Å². The van der Waals surface area contributed by atoms with Gasteiger partial charge < -0.3 is 4.98 Å². The van der Waals surface area contributed by atoms with Crippen molar-refractivity contribution in [1.29, 1.82) is 0 Å². The Kier molecular flexibility index (Phi) is 2.13. The average Bonchev–Trinajstić information content (AvgIpc) is 2.57. The van der Waals surface area contributed by atoms with Crippen molar-refractivity contribution in [1.82, 2.24) is 24.7 Å². The summed E-state index contributed by atoms with van der Waals surface area (Å²) in [6, 6.07) is 1.74. The summed E-state index contributed by atoms with van der Waals surface area (Å²) >= 11 is 4.95. The first-order valence-electron chi connectivity index (χ1n) is 3.71. The van der Waals surface area contributed by atoms with E-state index in [1.165, 1.54) is 6.33 Å². The second-order valence-electron chi connectivity index (χ2n) is 2.47. The Balaban J connectivity index is 2.24. The molecule has 5 nitrogen and oxygen atoms in total. The minimum atomic E-state index is 0.560. The Morgan fingerprint density at radius 1 is 1.54 bits per heavy atom. The fourth-order valence-electron chi connectivity index (χ4n) is 0.959. The van der Waals surface area contributed by atoms with Gasteiger partial charge in [-0.3, -0.25) is 0 Å². The van der Waals surface area contributed by atoms with Crippen LogP contribution in [0.5, 0.6) is 0 Å². The van der Waals surface area contributed by atoms with E-state index in [1.54, 1.807) is 23.3 Å². The number of hydrogen-bond donors (Lipinski definition) is 1. The van der Waals surface area contributed by atoms with Gasteiger partial charge in [0.1, 0.15) is 29.7 Å². The van der Waals surface area contributed by atoms with Gasteiger partial charge in [-0.25, -0.2) is 14.6 Å². The molecule has 0 unspecified atom stereocenters. The molecule has 0 saturated carbocycles. The molecular formula is C7H7N5S. The Morgan fingerprint density at radius 3 is 3.15 bits per heavy atom. The fourth-order valence-corrected chi connectivity index (χ4v) is 1.14. The molecule has 0 aromatic carbocycles. The van der Waals surface area contributed by atoms with Gasteiger partial charge in [-0.1, -0.05) is 12.2 Å². The first-order chi connectivity index (χ1) is 6.34. The first kappa shape index (κ1) is 8.06. The number of rotatable bonds is 2. The van der Waals surface area contributed by atoms with Crippen molar-refractivity contribution in [2.75, 3.05) is 0 Å². The lowest BCUT2D eigenvalue weighted by molar-refractivity contribution is 0.652. The maximum atomic E-state index is 4.95. The molecule has 66 valence electrons. The van der Waals surface area contributed by atoms with Crippen molar-refractivity contribution in [3.8, 4) is 0 Å². The molecule has 2 aromatic rings. The van der Waals surface area contributed by atoms with E-state index in [1.807, 2.05) is 0 Å². The molecule has 0 radical (unpaired) electrons. The lowest BCUT2D eigenvalue weighted by Gasteiger charge is -1.98. The summed E-state index contributed by atoms with van der Waals surface area (Å²) in [6.07, 6.45) is 4.79. The molecule has 0 fully saturated rings. The van der Waals surface area contributed by atoms with Crippen LogP contribution in [0.1, 0.15) is 5.82 Å². The summed E-state index contributed by atoms with van der Waals surface area (Å²) in [5.74, 6) is 0.776. The van der Waals surface area contributed by atoms with Crippen molar-refractivity contribution in [2.45, 2.75) is 6.54 Å². The van der Waals surface area contributed by atoms with Crippen molar-refractivity contribution in [3.63, 3.8) is 0 Å². The fraction of sp³-hybridized carbons (Fsp3) is 0.143. The molecule has 13 heavy (non-hydrogen) atoms. The zero-order valence-corrected chi connectivity index (χ0v) is 7.53. The van der Waals surface area contributed by atoms with E-state index in [-0.39, 0.29) is 0 Å². The van der Waals surface area contributed by atoms with E-state index in [0.29, 0.717) is 11.2 Å². The van der Waals surface area contributed by atoms with Crippen LogP contribution >= 0.6 is 12.2 Å². The third kappa shape index (κ3) is 1.97. The second-order valence-corrected chi connectivity index (χ2v) is 2.91. The molecule has 2 heterocycles. The number of aromatic nitrogens is 5. The molecule has 0 amide bonds. The highest BCUT2D eigenvalue weighted by Crippen LogP contribution is 1.92. The molecule has 0 spiro atoms. The van der Waals surface area contributed by atoms with Crippen molar-refractivity contribution in [3.05, 3.63) is 35.4 Å². The molecule has 2 aromatic heterocycles. The zero-order valence-electron chi connectivity index (χ0n) is 6.71. The van der Waals surface area contributed by atoms with Crippen LogP contribution in [0.15, 0.2) is 24.9 Å². The van der Waals surface area contributed by atoms with Crippen LogP contribution in [0.2, 0.25) is 0 Å². The molecule has 6 heteroatoms. The van der Waals surface area contributed by atoms with Crippen LogP contribution in [0.25, 0.3) is 0 Å². The standard InChI is InChI=1S/C7H7N5S/c13-7-1-2-9-6(11-7)3-12-5-8-4-10-12/h1-2,4-5H,3H2,(H,9,11,13). The maximum absolute atomic E-state index is 4.95. The molecule has 2 rings (SSSR count). The summed E-state index contributed by atoms with van der Waals surface area (Å²) in [5.41, 5.74) is 0. The largest absolute Gasteiger partial charge is 0.333 e. The molecule has 0 aliphatic heterocycles. The Morgan fingerprint density at radius 2 is 2.46 bits per heavy atom. The summed E-state index contributed by atoms with van der Waals surface area (Å²) in [7, 11) is 0. The van der Waals surface area contributed by atoms with Crippen LogP contribution in [0.3, 0.4) is 0 Å². The molecule has 1 N–H and O–H groups in total. The van der Waals surface area contributed by atoms with Crippen LogP contribution in [0, 0.1) is 4.64 Å². The average molecular weight is 193 g/mol. The van der Waals surface area contributed by atoms with E-state index in [2.05, 4.69) is 20.1 Å². The van der Waals surface area contributed by atoms with Gasteiger partial charge in [0, 0.05) is 6.20 Å². The van der Waals surface area contributed by atoms with Crippen molar-refractivity contribution in [2.24, 2.45) is 0 Å². The SMILES string of the molecule is S=c1ccnc(Cn2cncn2)[nH]1. The number of nitrogens with one attached hydrogen (secondary N) is 1. The van der Waals surface area contributed by atoms with Gasteiger partial charge in [0.15, 0.2) is 0 Å². The van der Waals surface area contributed by atoms with Gasteiger partial charge in [0.2, 0.25) is 0 Å². The highest BCUT2D eigenvalue weighted by Gasteiger charge is 1.95. The van der Waals surface area contributed by atoms with Crippen LogP contribution < -0.4 is 0 Å². The lowest BCUT2D eigenvalue weighted by atomic mass is 10.5. The number of nitrogens with zero attached hydrogens (tertiary/aromatic N) is 4. The van der Waals surface area contributed by atoms with Gasteiger partial charge in [-0.05, 0) is 6.07 Å².